The first-order chi connectivity index (χ1) is 19.4. The summed E-state index contributed by atoms with van der Waals surface area (Å²) in [6.45, 7) is -0.537. The zero-order valence-corrected chi connectivity index (χ0v) is 21.2. The fourth-order valence-electron chi connectivity index (χ4n) is 4.14. The van der Waals surface area contributed by atoms with Gasteiger partial charge in [0, 0.05) is 29.7 Å². The molecule has 208 valence electrons. The van der Waals surface area contributed by atoms with Gasteiger partial charge in [-0.1, -0.05) is 28.9 Å². The Morgan fingerprint density at radius 3 is 2.10 bits per heavy atom. The number of pyridine rings is 1. The van der Waals surface area contributed by atoms with Crippen LogP contribution in [0.15, 0.2) is 79.5 Å². The first kappa shape index (κ1) is 27.9. The van der Waals surface area contributed by atoms with Crippen LogP contribution >= 0.6 is 11.6 Å². The summed E-state index contributed by atoms with van der Waals surface area (Å²) in [6, 6.07) is 10.6. The van der Waals surface area contributed by atoms with Crippen LogP contribution in [0.1, 0.15) is 32.6 Å². The largest absolute Gasteiger partial charge is 0.416 e. The highest BCUT2D eigenvalue weighted by molar-refractivity contribution is 6.35. The molecule has 0 spiro atoms. The Morgan fingerprint density at radius 1 is 0.829 bits per heavy atom. The molecule has 0 aliphatic carbocycles. The summed E-state index contributed by atoms with van der Waals surface area (Å²) in [7, 11) is 0. The fourth-order valence-corrected chi connectivity index (χ4v) is 4.36. The second-order valence-electron chi connectivity index (χ2n) is 8.69. The highest BCUT2D eigenvalue weighted by Gasteiger charge is 2.37. The fraction of sp³-hybridized carbons (Fsp3) is 0.111. The van der Waals surface area contributed by atoms with Crippen LogP contribution in [0.4, 0.5) is 26.3 Å². The molecule has 0 fully saturated rings. The van der Waals surface area contributed by atoms with E-state index in [1.165, 1.54) is 49.2 Å². The topological polar surface area (TPSA) is 86.5 Å². The van der Waals surface area contributed by atoms with E-state index in [9.17, 15) is 31.1 Å². The van der Waals surface area contributed by atoms with Gasteiger partial charge in [0.2, 0.25) is 0 Å². The van der Waals surface area contributed by atoms with Gasteiger partial charge in [-0.25, -0.2) is 14.6 Å². The molecule has 0 atom stereocenters. The number of carbonyl (C=O) groups excluding carboxylic acids is 1. The van der Waals surface area contributed by atoms with Crippen LogP contribution in [0.5, 0.6) is 0 Å². The molecule has 7 nitrogen and oxygen atoms in total. The molecule has 0 radical (unpaired) electrons. The van der Waals surface area contributed by atoms with E-state index in [-0.39, 0.29) is 50.4 Å². The molecule has 2 aromatic carbocycles. The van der Waals surface area contributed by atoms with Gasteiger partial charge >= 0.3 is 12.4 Å². The highest BCUT2D eigenvalue weighted by Crippen LogP contribution is 2.37. The Hall–Kier alpha value is -4.65. The third kappa shape index (κ3) is 5.80. The molecule has 0 saturated heterocycles. The molecule has 0 N–H and O–H groups in total. The number of rotatable bonds is 6. The lowest BCUT2D eigenvalue weighted by Crippen LogP contribution is -2.13. The monoisotopic (exact) mass is 588 g/mol. The number of carbonyl (C=O) groups is 1. The van der Waals surface area contributed by atoms with Crippen LogP contribution in [-0.2, 0) is 18.9 Å². The normalized spacial score (nSPS) is 12.0. The van der Waals surface area contributed by atoms with E-state index < -0.39 is 35.8 Å². The average molecular weight is 589 g/mol. The van der Waals surface area contributed by atoms with Gasteiger partial charge in [0.15, 0.2) is 5.78 Å². The van der Waals surface area contributed by atoms with Crippen molar-refractivity contribution in [3.63, 3.8) is 0 Å². The number of aromatic nitrogens is 6. The molecule has 0 aliphatic rings. The number of alkyl halides is 6. The van der Waals surface area contributed by atoms with Gasteiger partial charge in [0.05, 0.1) is 28.3 Å². The van der Waals surface area contributed by atoms with Crippen LogP contribution in [0, 0.1) is 0 Å². The van der Waals surface area contributed by atoms with Gasteiger partial charge in [-0.05, 0) is 48.0 Å². The maximum Gasteiger partial charge on any atom is 0.416 e. The van der Waals surface area contributed by atoms with Gasteiger partial charge in [-0.2, -0.15) is 26.3 Å². The molecule has 0 amide bonds. The number of ketones is 1. The zero-order valence-electron chi connectivity index (χ0n) is 20.4. The molecule has 5 rings (SSSR count). The maximum atomic E-state index is 13.5. The Labute approximate surface area is 232 Å². The SMILES string of the molecule is O=C(c1ccccc1Cl)c1cccnc1-c1nnn(Cc2cc(C(F)(F)F)cc(C(F)(F)F)c2)c1-c1cncnc1. The van der Waals surface area contributed by atoms with Gasteiger partial charge in [-0.3, -0.25) is 9.78 Å². The van der Waals surface area contributed by atoms with Crippen molar-refractivity contribution in [2.75, 3.05) is 0 Å². The van der Waals surface area contributed by atoms with E-state index in [2.05, 4.69) is 25.3 Å². The first-order valence-electron chi connectivity index (χ1n) is 11.7. The second-order valence-corrected chi connectivity index (χ2v) is 9.10. The van der Waals surface area contributed by atoms with Crippen molar-refractivity contribution in [3.8, 4) is 22.6 Å². The third-order valence-corrected chi connectivity index (χ3v) is 6.27. The van der Waals surface area contributed by atoms with Crippen molar-refractivity contribution >= 4 is 17.4 Å². The molecule has 14 heteroatoms. The Morgan fingerprint density at radius 2 is 1.46 bits per heavy atom. The lowest BCUT2D eigenvalue weighted by Gasteiger charge is -2.15. The predicted molar refractivity (Wildman–Crippen MR) is 135 cm³/mol. The van der Waals surface area contributed by atoms with E-state index in [4.69, 9.17) is 11.6 Å². The summed E-state index contributed by atoms with van der Waals surface area (Å²) in [5.41, 5.74) is -2.53. The number of benzene rings is 2. The standard InChI is InChI=1S/C27H15ClF6N6O/c28-21-6-2-1-4-19(21)25(41)20-5-3-7-37-22(20)23-24(16-11-35-14-36-12-16)40(39-38-23)13-15-8-17(26(29,30)31)10-18(9-15)27(32,33)34/h1-12,14H,13H2. The van der Waals surface area contributed by atoms with Gasteiger partial charge in [0.1, 0.15) is 23.4 Å². The van der Waals surface area contributed by atoms with Crippen molar-refractivity contribution in [2.45, 2.75) is 18.9 Å². The first-order valence-corrected chi connectivity index (χ1v) is 12.0. The van der Waals surface area contributed by atoms with Gasteiger partial charge < -0.3 is 0 Å². The van der Waals surface area contributed by atoms with Crippen LogP contribution in [0.2, 0.25) is 5.02 Å². The van der Waals surface area contributed by atoms with Crippen molar-refractivity contribution in [3.05, 3.63) is 112 Å². The van der Waals surface area contributed by atoms with E-state index in [0.29, 0.717) is 12.1 Å². The second kappa shape index (κ2) is 10.7. The summed E-state index contributed by atoms with van der Waals surface area (Å²) in [4.78, 5) is 25.7. The van der Waals surface area contributed by atoms with E-state index >= 15 is 0 Å². The minimum atomic E-state index is -5.03. The molecule has 41 heavy (non-hydrogen) atoms. The highest BCUT2D eigenvalue weighted by atomic mass is 35.5. The lowest BCUT2D eigenvalue weighted by atomic mass is 9.99. The lowest BCUT2D eigenvalue weighted by molar-refractivity contribution is -0.143. The smallest absolute Gasteiger partial charge is 0.288 e. The molecule has 5 aromatic rings. The number of hydrogen-bond acceptors (Lipinski definition) is 6. The van der Waals surface area contributed by atoms with Crippen molar-refractivity contribution in [1.29, 1.82) is 0 Å². The molecule has 0 saturated carbocycles. The van der Waals surface area contributed by atoms with E-state index in [1.54, 1.807) is 12.1 Å². The summed E-state index contributed by atoms with van der Waals surface area (Å²) in [5, 5.41) is 8.33. The van der Waals surface area contributed by atoms with Gasteiger partial charge in [-0.15, -0.1) is 5.10 Å². The third-order valence-electron chi connectivity index (χ3n) is 5.94. The quantitative estimate of drug-likeness (QED) is 0.161. The average Bonchev–Trinajstić information content (AvgIpc) is 3.35. The summed E-state index contributed by atoms with van der Waals surface area (Å²) in [6.07, 6.45) is -4.71. The zero-order chi connectivity index (χ0) is 29.4. The van der Waals surface area contributed by atoms with Crippen LogP contribution in [0.25, 0.3) is 22.6 Å². The van der Waals surface area contributed by atoms with Crippen LogP contribution in [0.3, 0.4) is 0 Å². The molecule has 0 unspecified atom stereocenters. The molecular weight excluding hydrogens is 574 g/mol. The maximum absolute atomic E-state index is 13.5. The molecule has 0 aliphatic heterocycles. The van der Waals surface area contributed by atoms with E-state index in [0.717, 1.165) is 4.68 Å². The van der Waals surface area contributed by atoms with Crippen molar-refractivity contribution in [1.82, 2.24) is 29.9 Å². The predicted octanol–water partition coefficient (Wildman–Crippen LogP) is 6.77. The summed E-state index contributed by atoms with van der Waals surface area (Å²) >= 11 is 6.23. The number of hydrogen-bond donors (Lipinski definition) is 0. The Kier molecular flexibility index (Phi) is 7.30. The molecule has 3 heterocycles. The Bertz CT molecular complexity index is 1700. The number of halogens is 7. The van der Waals surface area contributed by atoms with Crippen molar-refractivity contribution in [2.24, 2.45) is 0 Å². The minimum absolute atomic E-state index is 0.0267. The number of nitrogens with zero attached hydrogens (tertiary/aromatic N) is 6. The van der Waals surface area contributed by atoms with Crippen LogP contribution < -0.4 is 0 Å². The van der Waals surface area contributed by atoms with E-state index in [1.807, 2.05) is 0 Å². The molecule has 3 aromatic heterocycles. The van der Waals surface area contributed by atoms with Crippen molar-refractivity contribution < 1.29 is 31.1 Å². The minimum Gasteiger partial charge on any atom is -0.288 e. The molecule has 0 bridgehead atoms. The van der Waals surface area contributed by atoms with Crippen LogP contribution in [-0.4, -0.2) is 35.7 Å². The summed E-state index contributed by atoms with van der Waals surface area (Å²) < 4.78 is 81.9. The Balaban J connectivity index is 1.67. The molecular formula is C27H15ClF6N6O. The van der Waals surface area contributed by atoms with Gasteiger partial charge in [0.25, 0.3) is 0 Å². The summed E-state index contributed by atoms with van der Waals surface area (Å²) in [5.74, 6) is -0.490.